The van der Waals surface area contributed by atoms with Gasteiger partial charge in [-0.3, -0.25) is 4.79 Å². The predicted octanol–water partition coefficient (Wildman–Crippen LogP) is 3.46. The van der Waals surface area contributed by atoms with E-state index < -0.39 is 15.9 Å². The summed E-state index contributed by atoms with van der Waals surface area (Å²) in [6, 6.07) is 9.70. The molecule has 3 rings (SSSR count). The molecular weight excluding hydrogens is 416 g/mol. The van der Waals surface area contributed by atoms with Gasteiger partial charge in [0.25, 0.3) is 5.91 Å². The quantitative estimate of drug-likeness (QED) is 0.715. The molecule has 1 aliphatic heterocycles. The number of aryl methyl sites for hydroxylation is 1. The molecule has 0 atom stereocenters. The molecule has 0 saturated carbocycles. The minimum atomic E-state index is -3.56. The Labute approximate surface area is 175 Å². The van der Waals surface area contributed by atoms with E-state index in [2.05, 4.69) is 5.32 Å². The van der Waals surface area contributed by atoms with Gasteiger partial charge in [-0.05, 0) is 55.7 Å². The summed E-state index contributed by atoms with van der Waals surface area (Å²) >= 11 is 6.19. The number of carbonyl (C=O) groups is 1. The molecule has 0 aromatic heterocycles. The second kappa shape index (κ2) is 9.02. The van der Waals surface area contributed by atoms with E-state index in [0.29, 0.717) is 24.5 Å². The zero-order valence-electron chi connectivity index (χ0n) is 16.3. The Morgan fingerprint density at radius 1 is 1.14 bits per heavy atom. The molecular formula is C20H23ClN2O5S. The van der Waals surface area contributed by atoms with E-state index in [9.17, 15) is 13.2 Å². The lowest BCUT2D eigenvalue weighted by molar-refractivity contribution is -0.118. The largest absolute Gasteiger partial charge is 0.495 e. The predicted molar refractivity (Wildman–Crippen MR) is 111 cm³/mol. The summed E-state index contributed by atoms with van der Waals surface area (Å²) in [5, 5.41) is 2.86. The van der Waals surface area contributed by atoms with Gasteiger partial charge in [-0.1, -0.05) is 17.7 Å². The van der Waals surface area contributed by atoms with E-state index in [-0.39, 0.29) is 22.3 Å². The van der Waals surface area contributed by atoms with Gasteiger partial charge in [-0.2, -0.15) is 4.31 Å². The highest BCUT2D eigenvalue weighted by Gasteiger charge is 2.27. The standard InChI is InChI=1S/C20H23ClN2O5S/c1-14-5-7-19(27-2)17(11-14)22-20(24)13-28-18-8-6-15(12-16(18)21)29(25,26)23-9-3-4-10-23/h5-8,11-12H,3-4,9-10,13H2,1-2H3,(H,22,24). The fraction of sp³-hybridized carbons (Fsp3) is 0.350. The van der Waals surface area contributed by atoms with Crippen LogP contribution < -0.4 is 14.8 Å². The van der Waals surface area contributed by atoms with E-state index in [0.717, 1.165) is 18.4 Å². The van der Waals surface area contributed by atoms with Crippen LogP contribution in [0.15, 0.2) is 41.3 Å². The fourth-order valence-corrected chi connectivity index (χ4v) is 4.93. The Hall–Kier alpha value is -2.29. The molecule has 1 fully saturated rings. The van der Waals surface area contributed by atoms with Crippen LogP contribution in [0.4, 0.5) is 5.69 Å². The molecule has 0 aliphatic carbocycles. The number of sulfonamides is 1. The zero-order valence-corrected chi connectivity index (χ0v) is 17.8. The highest BCUT2D eigenvalue weighted by atomic mass is 35.5. The summed E-state index contributed by atoms with van der Waals surface area (Å²) in [5.74, 6) is 0.385. The Morgan fingerprint density at radius 2 is 1.83 bits per heavy atom. The molecule has 2 aromatic rings. The van der Waals surface area contributed by atoms with E-state index in [4.69, 9.17) is 21.1 Å². The number of nitrogens with one attached hydrogen (secondary N) is 1. The van der Waals surface area contributed by atoms with Gasteiger partial charge in [0.15, 0.2) is 6.61 Å². The van der Waals surface area contributed by atoms with Crippen LogP contribution in [-0.4, -0.2) is 45.4 Å². The molecule has 0 unspecified atom stereocenters. The Kier molecular flexibility index (Phi) is 6.66. The SMILES string of the molecule is COc1ccc(C)cc1NC(=O)COc1ccc(S(=O)(=O)N2CCCC2)cc1Cl. The van der Waals surface area contributed by atoms with E-state index in [1.165, 1.54) is 29.6 Å². The molecule has 156 valence electrons. The number of anilines is 1. The third kappa shape index (κ3) is 5.01. The number of amides is 1. The second-order valence-electron chi connectivity index (χ2n) is 6.74. The Balaban J connectivity index is 1.65. The lowest BCUT2D eigenvalue weighted by Gasteiger charge is -2.16. The number of rotatable bonds is 7. The lowest BCUT2D eigenvalue weighted by atomic mass is 10.2. The van der Waals surface area contributed by atoms with Crippen molar-refractivity contribution in [3.63, 3.8) is 0 Å². The number of carbonyl (C=O) groups excluding carboxylic acids is 1. The van der Waals surface area contributed by atoms with Gasteiger partial charge in [0.05, 0.1) is 22.7 Å². The first kappa shape index (κ1) is 21.4. The third-order valence-electron chi connectivity index (χ3n) is 4.59. The van der Waals surface area contributed by atoms with Crippen molar-refractivity contribution < 1.29 is 22.7 Å². The van der Waals surface area contributed by atoms with Crippen molar-refractivity contribution in [3.05, 3.63) is 47.0 Å². The van der Waals surface area contributed by atoms with Crippen molar-refractivity contribution in [2.45, 2.75) is 24.7 Å². The van der Waals surface area contributed by atoms with Gasteiger partial charge in [-0.25, -0.2) is 8.42 Å². The van der Waals surface area contributed by atoms with Crippen molar-refractivity contribution >= 4 is 33.2 Å². The molecule has 1 heterocycles. The normalized spacial score (nSPS) is 14.6. The summed E-state index contributed by atoms with van der Waals surface area (Å²) in [6.07, 6.45) is 1.71. The van der Waals surface area contributed by atoms with Gasteiger partial charge >= 0.3 is 0 Å². The molecule has 0 spiro atoms. The lowest BCUT2D eigenvalue weighted by Crippen LogP contribution is -2.27. The second-order valence-corrected chi connectivity index (χ2v) is 9.09. The number of ether oxygens (including phenoxy) is 2. The number of hydrogen-bond donors (Lipinski definition) is 1. The van der Waals surface area contributed by atoms with E-state index in [1.54, 1.807) is 12.1 Å². The summed E-state index contributed by atoms with van der Waals surface area (Å²) in [7, 11) is -2.04. The molecule has 1 aliphatic rings. The van der Waals surface area contributed by atoms with Crippen LogP contribution >= 0.6 is 11.6 Å². The van der Waals surface area contributed by atoms with Crippen LogP contribution in [0.1, 0.15) is 18.4 Å². The van der Waals surface area contributed by atoms with Crippen LogP contribution in [0.25, 0.3) is 0 Å². The first-order chi connectivity index (χ1) is 13.8. The topological polar surface area (TPSA) is 84.9 Å². The number of benzene rings is 2. The first-order valence-corrected chi connectivity index (χ1v) is 11.0. The molecule has 0 radical (unpaired) electrons. The van der Waals surface area contributed by atoms with Gasteiger partial charge in [-0.15, -0.1) is 0 Å². The van der Waals surface area contributed by atoms with Gasteiger partial charge < -0.3 is 14.8 Å². The molecule has 1 N–H and O–H groups in total. The highest BCUT2D eigenvalue weighted by molar-refractivity contribution is 7.89. The minimum Gasteiger partial charge on any atom is -0.495 e. The fourth-order valence-electron chi connectivity index (χ4n) is 3.09. The number of halogens is 1. The number of methoxy groups -OCH3 is 1. The van der Waals surface area contributed by atoms with Crippen LogP contribution in [-0.2, 0) is 14.8 Å². The molecule has 9 heteroatoms. The van der Waals surface area contributed by atoms with Crippen LogP contribution in [0.2, 0.25) is 5.02 Å². The van der Waals surface area contributed by atoms with Gasteiger partial charge in [0.2, 0.25) is 10.0 Å². The van der Waals surface area contributed by atoms with Crippen LogP contribution in [0.3, 0.4) is 0 Å². The maximum Gasteiger partial charge on any atom is 0.262 e. The maximum atomic E-state index is 12.6. The third-order valence-corrected chi connectivity index (χ3v) is 6.78. The Morgan fingerprint density at radius 3 is 2.48 bits per heavy atom. The van der Waals surface area contributed by atoms with E-state index >= 15 is 0 Å². The van der Waals surface area contributed by atoms with Crippen LogP contribution in [0.5, 0.6) is 11.5 Å². The minimum absolute atomic E-state index is 0.116. The zero-order chi connectivity index (χ0) is 21.0. The number of hydrogen-bond acceptors (Lipinski definition) is 5. The van der Waals surface area contributed by atoms with Crippen molar-refractivity contribution in [1.82, 2.24) is 4.31 Å². The smallest absolute Gasteiger partial charge is 0.262 e. The van der Waals surface area contributed by atoms with E-state index in [1.807, 2.05) is 13.0 Å². The monoisotopic (exact) mass is 438 g/mol. The highest BCUT2D eigenvalue weighted by Crippen LogP contribution is 2.30. The van der Waals surface area contributed by atoms with Gasteiger partial charge in [0, 0.05) is 13.1 Å². The summed E-state index contributed by atoms with van der Waals surface area (Å²) < 4.78 is 37.4. The van der Waals surface area contributed by atoms with Gasteiger partial charge in [0.1, 0.15) is 11.5 Å². The average Bonchev–Trinajstić information content (AvgIpc) is 3.23. The summed E-state index contributed by atoms with van der Waals surface area (Å²) in [4.78, 5) is 12.4. The molecule has 29 heavy (non-hydrogen) atoms. The van der Waals surface area contributed by atoms with Crippen molar-refractivity contribution in [3.8, 4) is 11.5 Å². The summed E-state index contributed by atoms with van der Waals surface area (Å²) in [5.41, 5.74) is 1.51. The first-order valence-electron chi connectivity index (χ1n) is 9.18. The Bertz CT molecular complexity index is 1000. The molecule has 1 amide bonds. The molecule has 2 aromatic carbocycles. The maximum absolute atomic E-state index is 12.6. The molecule has 0 bridgehead atoms. The van der Waals surface area contributed by atoms with Crippen molar-refractivity contribution in [2.24, 2.45) is 0 Å². The molecule has 1 saturated heterocycles. The average molecular weight is 439 g/mol. The molecule has 7 nitrogen and oxygen atoms in total. The van der Waals surface area contributed by atoms with Crippen LogP contribution in [0, 0.1) is 6.92 Å². The summed E-state index contributed by atoms with van der Waals surface area (Å²) in [6.45, 7) is 2.65. The number of nitrogens with zero attached hydrogens (tertiary/aromatic N) is 1. The van der Waals surface area contributed by atoms with Crippen molar-refractivity contribution in [2.75, 3.05) is 32.1 Å². The van der Waals surface area contributed by atoms with Crippen molar-refractivity contribution in [1.29, 1.82) is 0 Å².